The van der Waals surface area contributed by atoms with Gasteiger partial charge in [0.1, 0.15) is 4.88 Å². The fourth-order valence-corrected chi connectivity index (χ4v) is 8.04. The molecular weight excluding hydrogens is 552 g/mol. The summed E-state index contributed by atoms with van der Waals surface area (Å²) in [7, 11) is 1.48. The number of benzene rings is 2. The molecule has 3 aromatic rings. The molecule has 9 heteroatoms. The molecule has 8 nitrogen and oxygen atoms in total. The maximum atomic E-state index is 13.4. The van der Waals surface area contributed by atoms with E-state index in [0.29, 0.717) is 39.5 Å². The molecule has 4 bridgehead atoms. The molecule has 42 heavy (non-hydrogen) atoms. The average molecular weight is 583 g/mol. The van der Waals surface area contributed by atoms with Gasteiger partial charge in [-0.3, -0.25) is 4.79 Å². The van der Waals surface area contributed by atoms with Crippen LogP contribution in [0.25, 0.3) is 6.08 Å². The average Bonchev–Trinajstić information content (AvgIpc) is 3.64. The van der Waals surface area contributed by atoms with Crippen molar-refractivity contribution in [2.75, 3.05) is 12.4 Å². The Labute approximate surface area is 247 Å². The molecule has 4 saturated carbocycles. The van der Waals surface area contributed by atoms with Gasteiger partial charge in [-0.25, -0.2) is 14.6 Å². The predicted octanol–water partition coefficient (Wildman–Crippen LogP) is 6.48. The Bertz CT molecular complexity index is 1590. The van der Waals surface area contributed by atoms with E-state index in [1.54, 1.807) is 53.9 Å². The lowest BCUT2D eigenvalue weighted by molar-refractivity contribution is -0.140. The molecule has 1 aromatic heterocycles. The van der Waals surface area contributed by atoms with Crippen LogP contribution >= 0.6 is 11.3 Å². The molecule has 2 aromatic carbocycles. The largest absolute Gasteiger partial charge is 0.493 e. The quantitative estimate of drug-likeness (QED) is 0.194. The summed E-state index contributed by atoms with van der Waals surface area (Å²) in [5, 5.41) is 4.96. The summed E-state index contributed by atoms with van der Waals surface area (Å²) in [5.41, 5.74) is 1.90. The van der Waals surface area contributed by atoms with Gasteiger partial charge in [0.15, 0.2) is 17.2 Å². The van der Waals surface area contributed by atoms with Crippen molar-refractivity contribution in [2.45, 2.75) is 38.5 Å². The third kappa shape index (κ3) is 5.02. The molecule has 4 fully saturated rings. The number of hydrogen-bond donors (Lipinski definition) is 1. The highest BCUT2D eigenvalue weighted by molar-refractivity contribution is 7.12. The highest BCUT2D eigenvalue weighted by Gasteiger charge is 2.54. The van der Waals surface area contributed by atoms with Crippen molar-refractivity contribution in [2.24, 2.45) is 28.2 Å². The normalized spacial score (nSPS) is 26.6. The summed E-state index contributed by atoms with van der Waals surface area (Å²) in [6.07, 6.45) is 8.51. The lowest BCUT2D eigenvalue weighted by atomic mass is 9.49. The number of carbonyl (C=O) groups is 3. The fraction of sp³-hybridized carbons (Fsp3) is 0.333. The Morgan fingerprint density at radius 2 is 1.71 bits per heavy atom. The van der Waals surface area contributed by atoms with Crippen molar-refractivity contribution in [3.63, 3.8) is 0 Å². The van der Waals surface area contributed by atoms with Crippen LogP contribution in [0.2, 0.25) is 0 Å². The van der Waals surface area contributed by atoms with Crippen LogP contribution in [0.4, 0.5) is 5.69 Å². The standard InChI is InChI=1S/C33H30N2O6S/c1-39-27-15-19(4-9-26(27)40-31(37)28-3-2-10-42-28)14-25-30(36)41-29(35-25)23-5-7-24(8-6-23)34-32(38)33-16-20-11-21(17-33)13-22(12-20)18-33/h2-10,14-15,20-22H,11-13,16-18H2,1H3,(H,34,38)/b25-14+. The first-order valence-corrected chi connectivity index (χ1v) is 15.1. The third-order valence-corrected chi connectivity index (χ3v) is 9.80. The first kappa shape index (κ1) is 26.6. The monoisotopic (exact) mass is 582 g/mol. The molecule has 0 saturated heterocycles. The van der Waals surface area contributed by atoms with Crippen molar-refractivity contribution < 1.29 is 28.6 Å². The molecule has 5 aliphatic rings. The molecule has 1 N–H and O–H groups in total. The fourth-order valence-electron chi connectivity index (χ4n) is 7.44. The number of carbonyl (C=O) groups excluding carboxylic acids is 3. The molecule has 0 atom stereocenters. The first-order valence-electron chi connectivity index (χ1n) is 14.3. The second-order valence-corrected chi connectivity index (χ2v) is 12.8. The minimum absolute atomic E-state index is 0.134. The number of ether oxygens (including phenoxy) is 3. The Morgan fingerprint density at radius 3 is 2.36 bits per heavy atom. The van der Waals surface area contributed by atoms with Gasteiger partial charge in [-0.1, -0.05) is 12.1 Å². The SMILES string of the molecule is COc1cc(/C=C2/N=C(c3ccc(NC(=O)C45CC6CC(CC(C6)C4)C5)cc3)OC2=O)ccc1OC(=O)c1cccs1. The molecule has 2 heterocycles. The molecule has 0 radical (unpaired) electrons. The molecule has 1 amide bonds. The summed E-state index contributed by atoms with van der Waals surface area (Å²) in [6.45, 7) is 0. The summed E-state index contributed by atoms with van der Waals surface area (Å²) >= 11 is 1.29. The maximum Gasteiger partial charge on any atom is 0.363 e. The van der Waals surface area contributed by atoms with Gasteiger partial charge < -0.3 is 19.5 Å². The Hall–Kier alpha value is -4.24. The van der Waals surface area contributed by atoms with Crippen LogP contribution in [0.5, 0.6) is 11.5 Å². The van der Waals surface area contributed by atoms with Gasteiger partial charge in [-0.05, 0) is 116 Å². The van der Waals surface area contributed by atoms with Crippen LogP contribution < -0.4 is 14.8 Å². The number of hydrogen-bond acceptors (Lipinski definition) is 8. The maximum absolute atomic E-state index is 13.4. The second-order valence-electron chi connectivity index (χ2n) is 11.8. The zero-order valence-electron chi connectivity index (χ0n) is 23.1. The van der Waals surface area contributed by atoms with E-state index in [1.165, 1.54) is 37.7 Å². The molecule has 4 aliphatic carbocycles. The number of anilines is 1. The zero-order valence-corrected chi connectivity index (χ0v) is 23.9. The van der Waals surface area contributed by atoms with Crippen molar-refractivity contribution in [3.8, 4) is 11.5 Å². The molecule has 8 rings (SSSR count). The number of rotatable bonds is 7. The van der Waals surface area contributed by atoms with E-state index in [-0.39, 0.29) is 28.7 Å². The summed E-state index contributed by atoms with van der Waals surface area (Å²) in [4.78, 5) is 43.2. The van der Waals surface area contributed by atoms with Crippen LogP contribution in [0, 0.1) is 23.2 Å². The molecule has 214 valence electrons. The number of nitrogens with zero attached hydrogens (tertiary/aromatic N) is 1. The number of aliphatic imine (C=N–C) groups is 1. The topological polar surface area (TPSA) is 103 Å². The van der Waals surface area contributed by atoms with Crippen LogP contribution in [-0.4, -0.2) is 30.9 Å². The van der Waals surface area contributed by atoms with Crippen molar-refractivity contribution >= 4 is 46.8 Å². The number of methoxy groups -OCH3 is 1. The first-order chi connectivity index (χ1) is 20.4. The third-order valence-electron chi connectivity index (χ3n) is 8.95. The van der Waals surface area contributed by atoms with Crippen LogP contribution in [0.1, 0.15) is 59.3 Å². The van der Waals surface area contributed by atoms with E-state index in [1.807, 2.05) is 12.1 Å². The van der Waals surface area contributed by atoms with E-state index >= 15 is 0 Å². The Kier molecular flexibility index (Phi) is 6.69. The lowest BCUT2D eigenvalue weighted by Crippen LogP contribution is -2.51. The van der Waals surface area contributed by atoms with Gasteiger partial charge in [0.25, 0.3) is 0 Å². The molecule has 0 unspecified atom stereocenters. The van der Waals surface area contributed by atoms with Gasteiger partial charge in [0.05, 0.1) is 12.5 Å². The van der Waals surface area contributed by atoms with E-state index < -0.39 is 11.9 Å². The van der Waals surface area contributed by atoms with Crippen molar-refractivity contribution in [1.82, 2.24) is 0 Å². The van der Waals surface area contributed by atoms with Crippen LogP contribution in [-0.2, 0) is 14.3 Å². The highest BCUT2D eigenvalue weighted by atomic mass is 32.1. The minimum atomic E-state index is -0.573. The Morgan fingerprint density at radius 1 is 1.00 bits per heavy atom. The highest BCUT2D eigenvalue weighted by Crippen LogP contribution is 2.60. The van der Waals surface area contributed by atoms with Crippen molar-refractivity contribution in [1.29, 1.82) is 0 Å². The summed E-state index contributed by atoms with van der Waals surface area (Å²) in [6, 6.07) is 15.7. The predicted molar refractivity (Wildman–Crippen MR) is 159 cm³/mol. The number of amides is 1. The number of esters is 2. The van der Waals surface area contributed by atoms with Crippen LogP contribution in [0.15, 0.2) is 70.7 Å². The zero-order chi connectivity index (χ0) is 28.8. The molecular formula is C33H30N2O6S. The summed E-state index contributed by atoms with van der Waals surface area (Å²) in [5.74, 6) is 2.02. The van der Waals surface area contributed by atoms with Gasteiger partial charge in [-0.2, -0.15) is 0 Å². The molecule has 0 spiro atoms. The van der Waals surface area contributed by atoms with E-state index in [9.17, 15) is 14.4 Å². The van der Waals surface area contributed by atoms with Gasteiger partial charge in [0, 0.05) is 11.3 Å². The second kappa shape index (κ2) is 10.5. The van der Waals surface area contributed by atoms with Gasteiger partial charge in [-0.15, -0.1) is 11.3 Å². The molecule has 1 aliphatic heterocycles. The van der Waals surface area contributed by atoms with Gasteiger partial charge >= 0.3 is 11.9 Å². The summed E-state index contributed by atoms with van der Waals surface area (Å²) < 4.78 is 16.3. The number of thiophene rings is 1. The lowest BCUT2D eigenvalue weighted by Gasteiger charge is -2.55. The van der Waals surface area contributed by atoms with E-state index in [0.717, 1.165) is 24.9 Å². The smallest absolute Gasteiger partial charge is 0.363 e. The number of cyclic esters (lactones) is 1. The van der Waals surface area contributed by atoms with Crippen molar-refractivity contribution in [3.05, 3.63) is 81.7 Å². The number of nitrogens with one attached hydrogen (secondary N) is 1. The van der Waals surface area contributed by atoms with Gasteiger partial charge in [0.2, 0.25) is 11.8 Å². The Balaban J connectivity index is 1.04. The van der Waals surface area contributed by atoms with E-state index in [2.05, 4.69) is 10.3 Å². The van der Waals surface area contributed by atoms with E-state index in [4.69, 9.17) is 14.2 Å². The minimum Gasteiger partial charge on any atom is -0.493 e. The van der Waals surface area contributed by atoms with Crippen LogP contribution in [0.3, 0.4) is 0 Å².